The van der Waals surface area contributed by atoms with Crippen LogP contribution in [0, 0.1) is 5.82 Å². The third kappa shape index (κ3) is 1.80. The molecule has 0 aliphatic heterocycles. The molecule has 0 bridgehead atoms. The molecule has 0 aliphatic rings. The van der Waals surface area contributed by atoms with Crippen LogP contribution in [0.25, 0.3) is 0 Å². The first kappa shape index (κ1) is 9.99. The van der Waals surface area contributed by atoms with Gasteiger partial charge in [0.2, 0.25) is 0 Å². The lowest BCUT2D eigenvalue weighted by atomic mass is 9.80. The van der Waals surface area contributed by atoms with Gasteiger partial charge in [-0.25, -0.2) is 4.39 Å². The SMILES string of the molecule is OB(O)c1c(Br)ccc(Cl)c1F. The highest BCUT2D eigenvalue weighted by Gasteiger charge is 2.21. The molecule has 0 unspecified atom stereocenters. The lowest BCUT2D eigenvalue weighted by molar-refractivity contribution is 0.422. The van der Waals surface area contributed by atoms with Gasteiger partial charge in [-0.15, -0.1) is 0 Å². The minimum atomic E-state index is -1.86. The minimum Gasteiger partial charge on any atom is -0.423 e. The second kappa shape index (κ2) is 3.74. The van der Waals surface area contributed by atoms with Crippen LogP contribution in [0.2, 0.25) is 5.02 Å². The van der Waals surface area contributed by atoms with E-state index in [2.05, 4.69) is 15.9 Å². The summed E-state index contributed by atoms with van der Waals surface area (Å²) in [6.45, 7) is 0. The van der Waals surface area contributed by atoms with E-state index in [1.54, 1.807) is 0 Å². The summed E-state index contributed by atoms with van der Waals surface area (Å²) in [4.78, 5) is 0. The van der Waals surface area contributed by atoms with Gasteiger partial charge in [-0.1, -0.05) is 27.5 Å². The van der Waals surface area contributed by atoms with Gasteiger partial charge in [0, 0.05) is 9.94 Å². The zero-order valence-electron chi connectivity index (χ0n) is 5.76. The molecule has 64 valence electrons. The molecule has 0 atom stereocenters. The molecular weight excluding hydrogens is 249 g/mol. The topological polar surface area (TPSA) is 40.5 Å². The van der Waals surface area contributed by atoms with Crippen LogP contribution in [-0.4, -0.2) is 17.2 Å². The first-order chi connectivity index (χ1) is 5.54. The summed E-state index contributed by atoms with van der Waals surface area (Å²) in [6.07, 6.45) is 0. The molecule has 0 spiro atoms. The Kier molecular flexibility index (Phi) is 3.12. The molecule has 2 nitrogen and oxygen atoms in total. The van der Waals surface area contributed by atoms with Crippen molar-refractivity contribution in [3.63, 3.8) is 0 Å². The van der Waals surface area contributed by atoms with Crippen molar-refractivity contribution in [2.24, 2.45) is 0 Å². The largest absolute Gasteiger partial charge is 0.492 e. The van der Waals surface area contributed by atoms with Gasteiger partial charge >= 0.3 is 7.12 Å². The van der Waals surface area contributed by atoms with Crippen molar-refractivity contribution in [3.05, 3.63) is 27.4 Å². The fourth-order valence-corrected chi connectivity index (χ4v) is 1.46. The van der Waals surface area contributed by atoms with Gasteiger partial charge in [0.1, 0.15) is 5.82 Å². The van der Waals surface area contributed by atoms with Crippen molar-refractivity contribution in [1.82, 2.24) is 0 Å². The molecule has 0 heterocycles. The van der Waals surface area contributed by atoms with Crippen molar-refractivity contribution in [3.8, 4) is 0 Å². The molecule has 2 N–H and O–H groups in total. The number of benzene rings is 1. The molecule has 0 amide bonds. The molecule has 0 aliphatic carbocycles. The Morgan fingerprint density at radius 2 is 2.00 bits per heavy atom. The Morgan fingerprint density at radius 3 is 2.42 bits per heavy atom. The van der Waals surface area contributed by atoms with Crippen molar-refractivity contribution in [1.29, 1.82) is 0 Å². The van der Waals surface area contributed by atoms with E-state index in [9.17, 15) is 4.39 Å². The van der Waals surface area contributed by atoms with E-state index < -0.39 is 12.9 Å². The third-order valence-corrected chi connectivity index (χ3v) is 2.32. The Morgan fingerprint density at radius 1 is 1.42 bits per heavy atom. The maximum Gasteiger partial charge on any atom is 0.492 e. The fourth-order valence-electron chi connectivity index (χ4n) is 0.779. The quantitative estimate of drug-likeness (QED) is 0.577. The molecule has 1 aromatic rings. The normalized spacial score (nSPS) is 10.1. The zero-order chi connectivity index (χ0) is 9.30. The van der Waals surface area contributed by atoms with Crippen LogP contribution in [0.4, 0.5) is 4.39 Å². The maximum absolute atomic E-state index is 13.0. The highest BCUT2D eigenvalue weighted by molar-refractivity contribution is 9.10. The Bertz CT molecular complexity index is 308. The van der Waals surface area contributed by atoms with Crippen LogP contribution < -0.4 is 5.46 Å². The molecule has 1 rings (SSSR count). The molecule has 1 aromatic carbocycles. The molecule has 0 radical (unpaired) electrons. The Balaban J connectivity index is 3.33. The lowest BCUT2D eigenvalue weighted by Crippen LogP contribution is -2.34. The summed E-state index contributed by atoms with van der Waals surface area (Å²) in [5, 5.41) is 17.3. The van der Waals surface area contributed by atoms with E-state index in [4.69, 9.17) is 21.6 Å². The van der Waals surface area contributed by atoms with Crippen LogP contribution in [0.15, 0.2) is 16.6 Å². The van der Waals surface area contributed by atoms with E-state index in [1.165, 1.54) is 12.1 Å². The van der Waals surface area contributed by atoms with Crippen LogP contribution in [0.1, 0.15) is 0 Å². The van der Waals surface area contributed by atoms with E-state index >= 15 is 0 Å². The van der Waals surface area contributed by atoms with Crippen LogP contribution in [0.5, 0.6) is 0 Å². The van der Waals surface area contributed by atoms with Crippen LogP contribution >= 0.6 is 27.5 Å². The summed E-state index contributed by atoms with van der Waals surface area (Å²) in [5.41, 5.74) is -0.248. The minimum absolute atomic E-state index is 0.138. The zero-order valence-corrected chi connectivity index (χ0v) is 8.10. The molecule has 0 fully saturated rings. The third-order valence-electron chi connectivity index (χ3n) is 1.34. The summed E-state index contributed by atoms with van der Waals surface area (Å²) in [6, 6.07) is 2.77. The van der Waals surface area contributed by atoms with E-state index in [-0.39, 0.29) is 15.0 Å². The average molecular weight is 253 g/mol. The fraction of sp³-hybridized carbons (Fsp3) is 0. The summed E-state index contributed by atoms with van der Waals surface area (Å²) < 4.78 is 13.3. The first-order valence-corrected chi connectivity index (χ1v) is 4.20. The van der Waals surface area contributed by atoms with E-state index in [0.29, 0.717) is 0 Å². The van der Waals surface area contributed by atoms with Crippen molar-refractivity contribution in [2.45, 2.75) is 0 Å². The maximum atomic E-state index is 13.0. The molecule has 0 saturated heterocycles. The van der Waals surface area contributed by atoms with E-state index in [1.807, 2.05) is 0 Å². The van der Waals surface area contributed by atoms with Crippen LogP contribution in [0.3, 0.4) is 0 Å². The number of halogens is 3. The first-order valence-electron chi connectivity index (χ1n) is 3.03. The average Bonchev–Trinajstić information content (AvgIpc) is 1.97. The molecule has 0 saturated carbocycles. The summed E-state index contributed by atoms with van der Waals surface area (Å²) in [5.74, 6) is -0.818. The molecule has 0 aromatic heterocycles. The van der Waals surface area contributed by atoms with Gasteiger partial charge < -0.3 is 10.0 Å². The highest BCUT2D eigenvalue weighted by Crippen LogP contribution is 2.17. The van der Waals surface area contributed by atoms with Gasteiger partial charge in [-0.2, -0.15) is 0 Å². The predicted molar refractivity (Wildman–Crippen MR) is 48.9 cm³/mol. The second-order valence-electron chi connectivity index (χ2n) is 2.13. The molecule has 6 heteroatoms. The van der Waals surface area contributed by atoms with Gasteiger partial charge in [0.05, 0.1) is 5.02 Å². The van der Waals surface area contributed by atoms with Crippen molar-refractivity contribution < 1.29 is 14.4 Å². The summed E-state index contributed by atoms with van der Waals surface area (Å²) in [7, 11) is -1.86. The van der Waals surface area contributed by atoms with E-state index in [0.717, 1.165) is 0 Å². The Hall–Kier alpha value is -0.0951. The standard InChI is InChI=1S/C6H4BBrClFO2/c8-3-1-2-4(9)6(10)5(3)7(11)12/h1-2,11-12H. The Labute approximate surface area is 82.2 Å². The predicted octanol–water partition coefficient (Wildman–Crippen LogP) is 0.921. The second-order valence-corrected chi connectivity index (χ2v) is 3.39. The van der Waals surface area contributed by atoms with Gasteiger partial charge in [0.25, 0.3) is 0 Å². The summed E-state index contributed by atoms with van der Waals surface area (Å²) >= 11 is 8.38. The number of rotatable bonds is 1. The monoisotopic (exact) mass is 252 g/mol. The highest BCUT2D eigenvalue weighted by atomic mass is 79.9. The van der Waals surface area contributed by atoms with Gasteiger partial charge in [-0.3, -0.25) is 0 Å². The van der Waals surface area contributed by atoms with Crippen molar-refractivity contribution >= 4 is 40.1 Å². The number of hydrogen-bond donors (Lipinski definition) is 2. The lowest BCUT2D eigenvalue weighted by Gasteiger charge is -2.05. The number of hydrogen-bond acceptors (Lipinski definition) is 2. The molecule has 12 heavy (non-hydrogen) atoms. The molecular formula is C6H4BBrClFO2. The smallest absolute Gasteiger partial charge is 0.423 e. The van der Waals surface area contributed by atoms with Gasteiger partial charge in [0.15, 0.2) is 0 Å². The van der Waals surface area contributed by atoms with Crippen LogP contribution in [-0.2, 0) is 0 Å². The van der Waals surface area contributed by atoms with Gasteiger partial charge in [-0.05, 0) is 12.1 Å². The van der Waals surface area contributed by atoms with Crippen molar-refractivity contribution in [2.75, 3.05) is 0 Å².